The molecule has 3 N–H and O–H groups in total. The van der Waals surface area contributed by atoms with Crippen LogP contribution in [0.1, 0.15) is 26.7 Å². The number of hydrogen-bond donors (Lipinski definition) is 2. The van der Waals surface area contributed by atoms with E-state index >= 15 is 0 Å². The molecule has 10 heavy (non-hydrogen) atoms. The van der Waals surface area contributed by atoms with Gasteiger partial charge in [0.05, 0.1) is 0 Å². The minimum absolute atomic E-state index is 0.189. The lowest BCUT2D eigenvalue weighted by Gasteiger charge is -2.09. The molecule has 60 valence electrons. The molecule has 0 heterocycles. The monoisotopic (exact) mass is 164 g/mol. The summed E-state index contributed by atoms with van der Waals surface area (Å²) >= 11 is 0. The molecule has 2 atom stereocenters. The van der Waals surface area contributed by atoms with Crippen LogP contribution in [0, 0.1) is 5.92 Å². The van der Waals surface area contributed by atoms with Crippen molar-refractivity contribution >= 4 is 8.03 Å². The summed E-state index contributed by atoms with van der Waals surface area (Å²) in [6, 6.07) is 0. The third-order valence-corrected chi connectivity index (χ3v) is 2.72. The normalized spacial score (nSPS) is 15.5. The summed E-state index contributed by atoms with van der Waals surface area (Å²) in [4.78, 5) is 8.64. The third kappa shape index (κ3) is 2.74. The summed E-state index contributed by atoms with van der Waals surface area (Å²) in [6.07, 6.45) is 1.75. The third-order valence-electron chi connectivity index (χ3n) is 1.79. The van der Waals surface area contributed by atoms with Gasteiger partial charge in [-0.15, -0.1) is 0 Å². The van der Waals surface area contributed by atoms with E-state index in [1.165, 1.54) is 0 Å². The molecule has 0 aliphatic heterocycles. The lowest BCUT2D eigenvalue weighted by atomic mass is 10.0. The van der Waals surface area contributed by atoms with Gasteiger partial charge in [-0.1, -0.05) is 13.8 Å². The molecule has 0 rings (SSSR count). The maximum Gasteiger partial charge on any atom is 0.524 e. The van der Waals surface area contributed by atoms with Gasteiger partial charge in [0.25, 0.3) is 0 Å². The SMILES string of the molecule is CCC(CC)C(N)[P+](=O)O. The molecule has 4 heteroatoms. The van der Waals surface area contributed by atoms with Crippen LogP contribution < -0.4 is 5.73 Å². The molecule has 0 aromatic carbocycles. The second-order valence-corrected chi connectivity index (χ2v) is 3.57. The van der Waals surface area contributed by atoms with E-state index in [2.05, 4.69) is 0 Å². The Hall–Kier alpha value is 0.0200. The van der Waals surface area contributed by atoms with Gasteiger partial charge in [0.2, 0.25) is 5.78 Å². The summed E-state index contributed by atoms with van der Waals surface area (Å²) < 4.78 is 10.5. The zero-order valence-electron chi connectivity index (χ0n) is 6.45. The second kappa shape index (κ2) is 4.78. The van der Waals surface area contributed by atoms with Crippen LogP contribution in [0.15, 0.2) is 0 Å². The van der Waals surface area contributed by atoms with Crippen molar-refractivity contribution in [2.75, 3.05) is 0 Å². The van der Waals surface area contributed by atoms with Gasteiger partial charge in [0.15, 0.2) is 0 Å². The molecular formula is C6H15NO2P+. The Bertz CT molecular complexity index is 114. The van der Waals surface area contributed by atoms with Gasteiger partial charge >= 0.3 is 8.03 Å². The highest BCUT2D eigenvalue weighted by Crippen LogP contribution is 2.28. The van der Waals surface area contributed by atoms with Crippen LogP contribution in [-0.4, -0.2) is 10.7 Å². The van der Waals surface area contributed by atoms with E-state index in [0.717, 1.165) is 12.8 Å². The van der Waals surface area contributed by atoms with E-state index in [0.29, 0.717) is 0 Å². The van der Waals surface area contributed by atoms with Crippen molar-refractivity contribution in [1.29, 1.82) is 0 Å². The zero-order chi connectivity index (χ0) is 8.15. The van der Waals surface area contributed by atoms with E-state index in [4.69, 9.17) is 10.6 Å². The fourth-order valence-electron chi connectivity index (χ4n) is 0.952. The standard InChI is InChI=1S/C6H14NO2P/c1-3-5(4-2)6(7)10(8)9/h5-6H,3-4,7H2,1-2H3/p+1. The van der Waals surface area contributed by atoms with Crippen molar-refractivity contribution in [3.8, 4) is 0 Å². The average Bonchev–Trinajstić information content (AvgIpc) is 1.90. The molecular weight excluding hydrogens is 149 g/mol. The van der Waals surface area contributed by atoms with Crippen LogP contribution in [0.25, 0.3) is 0 Å². The Morgan fingerprint density at radius 3 is 2.00 bits per heavy atom. The highest BCUT2D eigenvalue weighted by molar-refractivity contribution is 7.38. The molecule has 0 aromatic rings. The Morgan fingerprint density at radius 1 is 1.50 bits per heavy atom. The molecule has 0 fully saturated rings. The van der Waals surface area contributed by atoms with Crippen LogP contribution in [0.4, 0.5) is 0 Å². The fraction of sp³-hybridized carbons (Fsp3) is 1.00. The molecule has 2 unspecified atom stereocenters. The lowest BCUT2D eigenvalue weighted by Crippen LogP contribution is -2.25. The van der Waals surface area contributed by atoms with Gasteiger partial charge in [-0.25, -0.2) is 0 Å². The van der Waals surface area contributed by atoms with Crippen molar-refractivity contribution in [3.05, 3.63) is 0 Å². The van der Waals surface area contributed by atoms with Crippen molar-refractivity contribution in [1.82, 2.24) is 0 Å². The molecule has 0 saturated heterocycles. The first-order chi connectivity index (χ1) is 4.63. The number of nitrogens with two attached hydrogens (primary N) is 1. The predicted molar refractivity (Wildman–Crippen MR) is 41.9 cm³/mol. The highest BCUT2D eigenvalue weighted by Gasteiger charge is 2.30. The second-order valence-electron chi connectivity index (χ2n) is 2.37. The average molecular weight is 164 g/mol. The molecule has 0 aliphatic rings. The lowest BCUT2D eigenvalue weighted by molar-refractivity contribution is 0.421. The summed E-state index contributed by atoms with van der Waals surface area (Å²) in [6.45, 7) is 3.96. The van der Waals surface area contributed by atoms with Crippen LogP contribution >= 0.6 is 8.03 Å². The van der Waals surface area contributed by atoms with Crippen LogP contribution in [0.5, 0.6) is 0 Å². The Balaban J connectivity index is 3.88. The van der Waals surface area contributed by atoms with Gasteiger partial charge < -0.3 is 0 Å². The van der Waals surface area contributed by atoms with Gasteiger partial charge in [0, 0.05) is 5.92 Å². The number of hydrogen-bond acceptors (Lipinski definition) is 2. The van der Waals surface area contributed by atoms with Gasteiger partial charge in [0.1, 0.15) is 0 Å². The quantitative estimate of drug-likeness (QED) is 0.618. The molecule has 0 bridgehead atoms. The molecule has 0 amide bonds. The summed E-state index contributed by atoms with van der Waals surface area (Å²) in [5.41, 5.74) is 5.45. The molecule has 0 aromatic heterocycles. The minimum atomic E-state index is -2.18. The van der Waals surface area contributed by atoms with Crippen molar-refractivity contribution in [2.45, 2.75) is 32.5 Å². The largest absolute Gasteiger partial charge is 0.524 e. The van der Waals surface area contributed by atoms with Crippen LogP contribution in [0.3, 0.4) is 0 Å². The first-order valence-corrected chi connectivity index (χ1v) is 4.82. The van der Waals surface area contributed by atoms with Crippen molar-refractivity contribution in [3.63, 3.8) is 0 Å². The maximum absolute atomic E-state index is 10.5. The summed E-state index contributed by atoms with van der Waals surface area (Å²) in [5, 5.41) is 0. The first kappa shape index (κ1) is 10.0. The molecule has 0 spiro atoms. The van der Waals surface area contributed by atoms with Gasteiger partial charge in [-0.05, 0) is 17.4 Å². The smallest absolute Gasteiger partial charge is 0.285 e. The minimum Gasteiger partial charge on any atom is -0.285 e. The van der Waals surface area contributed by atoms with Crippen LogP contribution in [-0.2, 0) is 4.57 Å². The van der Waals surface area contributed by atoms with E-state index in [9.17, 15) is 4.57 Å². The Morgan fingerprint density at radius 2 is 1.90 bits per heavy atom. The van der Waals surface area contributed by atoms with Crippen LogP contribution in [0.2, 0.25) is 0 Å². The molecule has 0 saturated carbocycles. The Kier molecular flexibility index (Phi) is 4.79. The van der Waals surface area contributed by atoms with Crippen molar-refractivity contribution < 1.29 is 9.46 Å². The Labute approximate surface area is 62.5 Å². The van der Waals surface area contributed by atoms with Gasteiger partial charge in [-0.3, -0.25) is 5.73 Å². The molecule has 3 nitrogen and oxygen atoms in total. The zero-order valence-corrected chi connectivity index (χ0v) is 7.34. The first-order valence-electron chi connectivity index (χ1n) is 3.54. The van der Waals surface area contributed by atoms with E-state index in [1.807, 2.05) is 13.8 Å². The molecule has 0 aliphatic carbocycles. The van der Waals surface area contributed by atoms with E-state index in [1.54, 1.807) is 0 Å². The molecule has 0 radical (unpaired) electrons. The van der Waals surface area contributed by atoms with E-state index in [-0.39, 0.29) is 5.92 Å². The highest BCUT2D eigenvalue weighted by atomic mass is 31.1. The fourth-order valence-corrected chi connectivity index (χ4v) is 1.73. The summed E-state index contributed by atoms with van der Waals surface area (Å²) in [7, 11) is -2.18. The predicted octanol–water partition coefficient (Wildman–Crippen LogP) is 1.44. The van der Waals surface area contributed by atoms with E-state index < -0.39 is 13.8 Å². The maximum atomic E-state index is 10.5. The number of rotatable bonds is 4. The summed E-state index contributed by atoms with van der Waals surface area (Å²) in [5.74, 6) is -0.349. The topological polar surface area (TPSA) is 63.3 Å². The van der Waals surface area contributed by atoms with Crippen molar-refractivity contribution in [2.24, 2.45) is 11.7 Å². The van der Waals surface area contributed by atoms with Gasteiger partial charge in [-0.2, -0.15) is 4.89 Å².